The van der Waals surface area contributed by atoms with Gasteiger partial charge in [-0.1, -0.05) is 20.8 Å². The average molecular weight is 269 g/mol. The zero-order valence-corrected chi connectivity index (χ0v) is 12.9. The van der Waals surface area contributed by atoms with Gasteiger partial charge in [-0.05, 0) is 18.9 Å². The van der Waals surface area contributed by atoms with Crippen molar-refractivity contribution >= 4 is 0 Å². The van der Waals surface area contributed by atoms with Crippen LogP contribution < -0.4 is 5.32 Å². The van der Waals surface area contributed by atoms with E-state index in [0.29, 0.717) is 12.1 Å². The maximum atomic E-state index is 5.93. The quantitative estimate of drug-likeness (QED) is 0.807. The minimum atomic E-state index is 0.409. The molecule has 2 aliphatic rings. The average Bonchev–Trinajstić information content (AvgIpc) is 2.38. The van der Waals surface area contributed by atoms with Crippen LogP contribution in [0.15, 0.2) is 0 Å². The molecular weight excluding hydrogens is 238 g/mol. The van der Waals surface area contributed by atoms with E-state index in [2.05, 4.69) is 35.9 Å². The highest BCUT2D eigenvalue weighted by atomic mass is 16.5. The van der Waals surface area contributed by atoms with Crippen molar-refractivity contribution in [2.75, 3.05) is 52.4 Å². The molecule has 2 heterocycles. The minimum Gasteiger partial charge on any atom is -0.374 e. The summed E-state index contributed by atoms with van der Waals surface area (Å²) < 4.78 is 5.93. The highest BCUT2D eigenvalue weighted by Gasteiger charge is 2.25. The fraction of sp³-hybridized carbons (Fsp3) is 1.00. The third-order valence-electron chi connectivity index (χ3n) is 4.23. The second kappa shape index (κ2) is 7.58. The maximum Gasteiger partial charge on any atom is 0.0829 e. The van der Waals surface area contributed by atoms with Crippen molar-refractivity contribution in [1.29, 1.82) is 0 Å². The minimum absolute atomic E-state index is 0.409. The summed E-state index contributed by atoms with van der Waals surface area (Å²) in [5, 5.41) is 3.64. The zero-order valence-electron chi connectivity index (χ0n) is 12.9. The predicted octanol–water partition coefficient (Wildman–Crippen LogP) is 1.03. The van der Waals surface area contributed by atoms with Gasteiger partial charge in [0.25, 0.3) is 0 Å². The third-order valence-corrected chi connectivity index (χ3v) is 4.23. The molecule has 0 aromatic rings. The number of rotatable bonds is 5. The lowest BCUT2D eigenvalue weighted by Gasteiger charge is -2.39. The van der Waals surface area contributed by atoms with Gasteiger partial charge < -0.3 is 10.1 Å². The molecule has 0 spiro atoms. The topological polar surface area (TPSA) is 27.7 Å². The Kier molecular flexibility index (Phi) is 6.07. The van der Waals surface area contributed by atoms with Crippen molar-refractivity contribution in [3.05, 3.63) is 0 Å². The fourth-order valence-corrected chi connectivity index (χ4v) is 3.25. The van der Waals surface area contributed by atoms with Crippen LogP contribution in [-0.2, 0) is 4.74 Å². The van der Waals surface area contributed by atoms with Crippen molar-refractivity contribution in [1.82, 2.24) is 15.1 Å². The van der Waals surface area contributed by atoms with Crippen LogP contribution in [0.25, 0.3) is 0 Å². The van der Waals surface area contributed by atoms with E-state index in [1.807, 2.05) is 0 Å². The van der Waals surface area contributed by atoms with E-state index < -0.39 is 0 Å². The number of likely N-dealkylation sites (N-methyl/N-ethyl adjacent to an activating group) is 1. The predicted molar refractivity (Wildman–Crippen MR) is 79.5 cm³/mol. The molecule has 0 radical (unpaired) electrons. The van der Waals surface area contributed by atoms with Gasteiger partial charge in [-0.25, -0.2) is 0 Å². The Hall–Kier alpha value is -0.160. The Bertz CT molecular complexity index is 260. The molecule has 2 fully saturated rings. The molecule has 1 N–H and O–H groups in total. The largest absolute Gasteiger partial charge is 0.374 e. The summed E-state index contributed by atoms with van der Waals surface area (Å²) in [5.74, 6) is 0.777. The molecule has 2 unspecified atom stereocenters. The number of nitrogens with one attached hydrogen (secondary N) is 1. The molecule has 0 amide bonds. The normalized spacial score (nSPS) is 30.9. The molecule has 4 nitrogen and oxygen atoms in total. The highest BCUT2D eigenvalue weighted by molar-refractivity contribution is 4.82. The van der Waals surface area contributed by atoms with E-state index in [1.165, 1.54) is 19.5 Å². The molecule has 0 aliphatic carbocycles. The lowest BCUT2D eigenvalue weighted by atomic mass is 10.0. The first-order chi connectivity index (χ1) is 9.17. The Labute approximate surface area is 118 Å². The summed E-state index contributed by atoms with van der Waals surface area (Å²) in [6, 6.07) is 0.666. The van der Waals surface area contributed by atoms with Gasteiger partial charge in [-0.3, -0.25) is 9.80 Å². The Morgan fingerprint density at radius 1 is 1.21 bits per heavy atom. The second-order valence-electron chi connectivity index (χ2n) is 6.43. The van der Waals surface area contributed by atoms with Crippen LogP contribution in [0.1, 0.15) is 27.2 Å². The number of hydrogen-bond acceptors (Lipinski definition) is 4. The maximum absolute atomic E-state index is 5.93. The standard InChI is InChI=1S/C15H31N3O/c1-4-17-7-8-19-15(11-17)12-18-6-5-16-14(10-18)9-13(2)3/h13-16H,4-12H2,1-3H3. The molecule has 4 heteroatoms. The van der Waals surface area contributed by atoms with E-state index in [9.17, 15) is 0 Å². The molecule has 112 valence electrons. The number of nitrogens with zero attached hydrogens (tertiary/aromatic N) is 2. The van der Waals surface area contributed by atoms with Gasteiger partial charge in [0.2, 0.25) is 0 Å². The molecule has 0 bridgehead atoms. The van der Waals surface area contributed by atoms with Crippen molar-refractivity contribution in [2.45, 2.75) is 39.3 Å². The Morgan fingerprint density at radius 2 is 2.05 bits per heavy atom. The first-order valence-corrected chi connectivity index (χ1v) is 7.97. The van der Waals surface area contributed by atoms with Gasteiger partial charge in [0, 0.05) is 45.3 Å². The van der Waals surface area contributed by atoms with E-state index in [1.54, 1.807) is 0 Å². The van der Waals surface area contributed by atoms with Gasteiger partial charge in [0.1, 0.15) is 0 Å². The highest BCUT2D eigenvalue weighted by Crippen LogP contribution is 2.12. The van der Waals surface area contributed by atoms with E-state index >= 15 is 0 Å². The molecule has 2 saturated heterocycles. The van der Waals surface area contributed by atoms with E-state index in [4.69, 9.17) is 4.74 Å². The van der Waals surface area contributed by atoms with Gasteiger partial charge >= 0.3 is 0 Å². The summed E-state index contributed by atoms with van der Waals surface area (Å²) in [6.45, 7) is 15.7. The Balaban J connectivity index is 1.75. The molecule has 0 saturated carbocycles. The Morgan fingerprint density at radius 3 is 2.79 bits per heavy atom. The molecule has 19 heavy (non-hydrogen) atoms. The van der Waals surface area contributed by atoms with Crippen molar-refractivity contribution in [3.63, 3.8) is 0 Å². The lowest BCUT2D eigenvalue weighted by Crippen LogP contribution is -2.55. The molecule has 0 aromatic heterocycles. The monoisotopic (exact) mass is 269 g/mol. The van der Waals surface area contributed by atoms with Crippen molar-refractivity contribution in [3.8, 4) is 0 Å². The number of piperazine rings is 1. The van der Waals surface area contributed by atoms with Crippen molar-refractivity contribution in [2.24, 2.45) is 5.92 Å². The second-order valence-corrected chi connectivity index (χ2v) is 6.43. The zero-order chi connectivity index (χ0) is 13.7. The first-order valence-electron chi connectivity index (χ1n) is 7.97. The SMILES string of the molecule is CCN1CCOC(CN2CCNC(CC(C)C)C2)C1. The van der Waals surface area contributed by atoms with Crippen molar-refractivity contribution < 1.29 is 4.74 Å². The molecule has 0 aromatic carbocycles. The van der Waals surface area contributed by atoms with Gasteiger partial charge in [0.05, 0.1) is 12.7 Å². The van der Waals surface area contributed by atoms with Crippen LogP contribution in [0.5, 0.6) is 0 Å². The first kappa shape index (κ1) is 15.2. The molecule has 2 aliphatic heterocycles. The van der Waals surface area contributed by atoms with Crippen LogP contribution in [0.4, 0.5) is 0 Å². The van der Waals surface area contributed by atoms with Gasteiger partial charge in [-0.15, -0.1) is 0 Å². The summed E-state index contributed by atoms with van der Waals surface area (Å²) in [7, 11) is 0. The summed E-state index contributed by atoms with van der Waals surface area (Å²) >= 11 is 0. The van der Waals surface area contributed by atoms with Crippen LogP contribution in [-0.4, -0.2) is 74.4 Å². The summed E-state index contributed by atoms with van der Waals surface area (Å²) in [4.78, 5) is 5.09. The number of morpholine rings is 1. The lowest BCUT2D eigenvalue weighted by molar-refractivity contribution is -0.0448. The smallest absolute Gasteiger partial charge is 0.0829 e. The van der Waals surface area contributed by atoms with Crippen LogP contribution >= 0.6 is 0 Å². The summed E-state index contributed by atoms with van der Waals surface area (Å²) in [6.07, 6.45) is 1.69. The third kappa shape index (κ3) is 5.03. The molecular formula is C15H31N3O. The fourth-order valence-electron chi connectivity index (χ4n) is 3.25. The molecule has 2 atom stereocenters. The van der Waals surface area contributed by atoms with E-state index in [-0.39, 0.29) is 0 Å². The van der Waals surface area contributed by atoms with Crippen LogP contribution in [0.3, 0.4) is 0 Å². The van der Waals surface area contributed by atoms with Gasteiger partial charge in [-0.2, -0.15) is 0 Å². The summed E-state index contributed by atoms with van der Waals surface area (Å²) in [5.41, 5.74) is 0. The number of hydrogen-bond donors (Lipinski definition) is 1. The molecule has 2 rings (SSSR count). The van der Waals surface area contributed by atoms with Gasteiger partial charge in [0.15, 0.2) is 0 Å². The number of ether oxygens (including phenoxy) is 1. The van der Waals surface area contributed by atoms with Crippen LogP contribution in [0.2, 0.25) is 0 Å². The van der Waals surface area contributed by atoms with Crippen LogP contribution in [0, 0.1) is 5.92 Å². The van der Waals surface area contributed by atoms with E-state index in [0.717, 1.165) is 45.2 Å².